The number of carboxylic acids is 1. The summed E-state index contributed by atoms with van der Waals surface area (Å²) < 4.78 is 0. The minimum atomic E-state index is -0.838. The Hall–Kier alpha value is -1.10. The van der Waals surface area contributed by atoms with E-state index in [1.807, 2.05) is 20.8 Å². The highest BCUT2D eigenvalue weighted by atomic mass is 16.4. The first-order valence-electron chi connectivity index (χ1n) is 6.93. The molecule has 0 aromatic rings. The van der Waals surface area contributed by atoms with E-state index in [0.29, 0.717) is 6.42 Å². The van der Waals surface area contributed by atoms with Crippen molar-refractivity contribution in [2.24, 2.45) is 5.41 Å². The zero-order valence-electron chi connectivity index (χ0n) is 12.4. The van der Waals surface area contributed by atoms with Crippen molar-refractivity contribution in [1.82, 2.24) is 10.6 Å². The van der Waals surface area contributed by atoms with Crippen LogP contribution in [0.25, 0.3) is 0 Å². The van der Waals surface area contributed by atoms with E-state index >= 15 is 0 Å². The Labute approximate surface area is 115 Å². The molecule has 0 aromatic heterocycles. The number of nitrogens with one attached hydrogen (secondary N) is 2. The molecule has 0 spiro atoms. The Morgan fingerprint density at radius 3 is 2.47 bits per heavy atom. The molecule has 0 aliphatic heterocycles. The van der Waals surface area contributed by atoms with E-state index in [1.54, 1.807) is 6.92 Å². The third kappa shape index (κ3) is 4.49. The molecule has 1 rings (SSSR count). The zero-order valence-corrected chi connectivity index (χ0v) is 12.4. The SMILES string of the molecule is CC(C)(C)NCC(=O)NC1CCCCC1(C)C(=O)O. The quantitative estimate of drug-likeness (QED) is 0.724. The zero-order chi connectivity index (χ0) is 14.7. The Morgan fingerprint density at radius 1 is 1.32 bits per heavy atom. The summed E-state index contributed by atoms with van der Waals surface area (Å²) in [5, 5.41) is 15.4. The predicted molar refractivity (Wildman–Crippen MR) is 73.9 cm³/mol. The first-order chi connectivity index (χ1) is 8.65. The standard InChI is InChI=1S/C14H26N2O3/c1-13(2,3)15-9-11(17)16-10-7-5-6-8-14(10,4)12(18)19/h10,15H,5-9H2,1-4H3,(H,16,17)(H,18,19). The van der Waals surface area contributed by atoms with Crippen LogP contribution < -0.4 is 10.6 Å². The van der Waals surface area contributed by atoms with Crippen molar-refractivity contribution in [3.05, 3.63) is 0 Å². The molecule has 0 radical (unpaired) electrons. The first-order valence-corrected chi connectivity index (χ1v) is 6.93. The second-order valence-corrected chi connectivity index (χ2v) is 6.69. The van der Waals surface area contributed by atoms with Crippen LogP contribution in [0.2, 0.25) is 0 Å². The summed E-state index contributed by atoms with van der Waals surface area (Å²) in [5.74, 6) is -0.949. The Balaban J connectivity index is 2.58. The summed E-state index contributed by atoms with van der Waals surface area (Å²) >= 11 is 0. The van der Waals surface area contributed by atoms with Crippen LogP contribution in [0, 0.1) is 5.41 Å². The lowest BCUT2D eigenvalue weighted by molar-refractivity contribution is -0.152. The molecule has 0 bridgehead atoms. The van der Waals surface area contributed by atoms with Gasteiger partial charge in [0.1, 0.15) is 0 Å². The molecule has 19 heavy (non-hydrogen) atoms. The molecule has 0 aromatic carbocycles. The lowest BCUT2D eigenvalue weighted by atomic mass is 9.71. The molecule has 1 fully saturated rings. The van der Waals surface area contributed by atoms with Gasteiger partial charge in [0.05, 0.1) is 12.0 Å². The summed E-state index contributed by atoms with van der Waals surface area (Å²) in [6.07, 6.45) is 3.25. The van der Waals surface area contributed by atoms with Gasteiger partial charge in [-0.3, -0.25) is 9.59 Å². The van der Waals surface area contributed by atoms with Gasteiger partial charge < -0.3 is 15.7 Å². The second kappa shape index (κ2) is 5.90. The highest BCUT2D eigenvalue weighted by Gasteiger charge is 2.43. The van der Waals surface area contributed by atoms with Gasteiger partial charge in [0.15, 0.2) is 0 Å². The fraction of sp³-hybridized carbons (Fsp3) is 0.857. The van der Waals surface area contributed by atoms with Gasteiger partial charge >= 0.3 is 5.97 Å². The molecule has 2 unspecified atom stereocenters. The fourth-order valence-corrected chi connectivity index (χ4v) is 2.41. The number of carbonyl (C=O) groups is 2. The van der Waals surface area contributed by atoms with E-state index in [2.05, 4.69) is 10.6 Å². The molecule has 0 saturated heterocycles. The number of hydrogen-bond donors (Lipinski definition) is 3. The molecular weight excluding hydrogens is 244 g/mol. The van der Waals surface area contributed by atoms with Crippen molar-refractivity contribution < 1.29 is 14.7 Å². The van der Waals surface area contributed by atoms with Gasteiger partial charge in [-0.2, -0.15) is 0 Å². The van der Waals surface area contributed by atoms with Gasteiger partial charge in [0, 0.05) is 11.6 Å². The van der Waals surface area contributed by atoms with Crippen LogP contribution >= 0.6 is 0 Å². The maximum absolute atomic E-state index is 11.9. The largest absolute Gasteiger partial charge is 0.481 e. The topological polar surface area (TPSA) is 78.4 Å². The average Bonchev–Trinajstić information content (AvgIpc) is 2.28. The van der Waals surface area contributed by atoms with Crippen molar-refractivity contribution in [3.8, 4) is 0 Å². The highest BCUT2D eigenvalue weighted by molar-refractivity contribution is 5.81. The summed E-state index contributed by atoms with van der Waals surface area (Å²) in [5.41, 5.74) is -0.963. The van der Waals surface area contributed by atoms with Crippen molar-refractivity contribution in [2.45, 2.75) is 65.0 Å². The van der Waals surface area contributed by atoms with E-state index in [1.165, 1.54) is 0 Å². The number of aliphatic carboxylic acids is 1. The van der Waals surface area contributed by atoms with Crippen LogP contribution in [0.5, 0.6) is 0 Å². The van der Waals surface area contributed by atoms with Crippen molar-refractivity contribution >= 4 is 11.9 Å². The molecular formula is C14H26N2O3. The van der Waals surface area contributed by atoms with E-state index in [4.69, 9.17) is 0 Å². The van der Waals surface area contributed by atoms with Crippen molar-refractivity contribution in [2.75, 3.05) is 6.54 Å². The van der Waals surface area contributed by atoms with Crippen LogP contribution in [0.15, 0.2) is 0 Å². The molecule has 1 aliphatic carbocycles. The lowest BCUT2D eigenvalue weighted by Gasteiger charge is -2.38. The molecule has 0 heterocycles. The summed E-state index contributed by atoms with van der Waals surface area (Å²) in [6, 6.07) is -0.270. The number of hydrogen-bond acceptors (Lipinski definition) is 3. The Morgan fingerprint density at radius 2 is 1.95 bits per heavy atom. The van der Waals surface area contributed by atoms with Crippen molar-refractivity contribution in [1.29, 1.82) is 0 Å². The average molecular weight is 270 g/mol. The third-order valence-corrected chi connectivity index (χ3v) is 3.81. The normalized spacial score (nSPS) is 27.9. The fourth-order valence-electron chi connectivity index (χ4n) is 2.41. The van der Waals surface area contributed by atoms with Crippen molar-refractivity contribution in [3.63, 3.8) is 0 Å². The molecule has 3 N–H and O–H groups in total. The predicted octanol–water partition coefficient (Wildman–Crippen LogP) is 1.52. The molecule has 1 saturated carbocycles. The molecule has 5 heteroatoms. The van der Waals surface area contributed by atoms with Crippen LogP contribution in [-0.2, 0) is 9.59 Å². The Bertz CT molecular complexity index is 349. The van der Waals surface area contributed by atoms with Gasteiger partial charge in [-0.05, 0) is 40.5 Å². The monoisotopic (exact) mass is 270 g/mol. The van der Waals surface area contributed by atoms with E-state index in [-0.39, 0.29) is 24.0 Å². The molecule has 1 aliphatic rings. The van der Waals surface area contributed by atoms with Gasteiger partial charge in [0.2, 0.25) is 5.91 Å². The second-order valence-electron chi connectivity index (χ2n) is 6.69. The number of amides is 1. The molecule has 5 nitrogen and oxygen atoms in total. The minimum Gasteiger partial charge on any atom is -0.481 e. The van der Waals surface area contributed by atoms with Gasteiger partial charge in [-0.1, -0.05) is 12.8 Å². The van der Waals surface area contributed by atoms with Crippen LogP contribution in [-0.4, -0.2) is 35.1 Å². The van der Waals surface area contributed by atoms with Crippen LogP contribution in [0.1, 0.15) is 53.4 Å². The third-order valence-electron chi connectivity index (χ3n) is 3.81. The molecule has 110 valence electrons. The van der Waals surface area contributed by atoms with E-state index in [0.717, 1.165) is 19.3 Å². The van der Waals surface area contributed by atoms with E-state index in [9.17, 15) is 14.7 Å². The van der Waals surface area contributed by atoms with Gasteiger partial charge in [-0.25, -0.2) is 0 Å². The summed E-state index contributed by atoms with van der Waals surface area (Å²) in [7, 11) is 0. The number of carboxylic acid groups (broad SMARTS) is 1. The smallest absolute Gasteiger partial charge is 0.311 e. The van der Waals surface area contributed by atoms with Gasteiger partial charge in [0.25, 0.3) is 0 Å². The number of rotatable bonds is 4. The van der Waals surface area contributed by atoms with Crippen LogP contribution in [0.4, 0.5) is 0 Å². The van der Waals surface area contributed by atoms with Crippen LogP contribution in [0.3, 0.4) is 0 Å². The van der Waals surface area contributed by atoms with E-state index < -0.39 is 11.4 Å². The minimum absolute atomic E-state index is 0.125. The highest BCUT2D eigenvalue weighted by Crippen LogP contribution is 2.36. The Kier molecular flexibility index (Phi) is 4.96. The summed E-state index contributed by atoms with van der Waals surface area (Å²) in [4.78, 5) is 23.3. The molecule has 1 amide bonds. The molecule has 2 atom stereocenters. The first kappa shape index (κ1) is 16.0. The lowest BCUT2D eigenvalue weighted by Crippen LogP contribution is -2.54. The van der Waals surface area contributed by atoms with Gasteiger partial charge in [-0.15, -0.1) is 0 Å². The number of carbonyl (C=O) groups excluding carboxylic acids is 1. The maximum atomic E-state index is 11.9. The maximum Gasteiger partial charge on any atom is 0.311 e. The summed E-state index contributed by atoms with van der Waals surface area (Å²) in [6.45, 7) is 7.92.